The normalized spacial score (nSPS) is 14.1. The van der Waals surface area contributed by atoms with Gasteiger partial charge in [-0.1, -0.05) is 42.5 Å². The van der Waals surface area contributed by atoms with E-state index >= 15 is 0 Å². The molecular weight excluding hydrogens is 262 g/mol. The number of aryl methyl sites for hydroxylation is 1. The lowest BCUT2D eigenvalue weighted by molar-refractivity contribution is -0.00613. The predicted octanol–water partition coefficient (Wildman–Crippen LogP) is 3.16. The molecule has 0 aliphatic heterocycles. The van der Waals surface area contributed by atoms with Gasteiger partial charge in [0.05, 0.1) is 6.61 Å². The van der Waals surface area contributed by atoms with E-state index in [0.717, 1.165) is 0 Å². The maximum atomic E-state index is 14.2. The number of hydrogen-bond donors (Lipinski definition) is 1. The highest BCUT2D eigenvalue weighted by atomic mass is 19.2. The highest BCUT2D eigenvalue weighted by molar-refractivity contribution is 5.39. The molecule has 2 nitrogen and oxygen atoms in total. The minimum Gasteiger partial charge on any atom is -0.381 e. The fourth-order valence-electron chi connectivity index (χ4n) is 2.20. The Kier molecular flexibility index (Phi) is 4.16. The van der Waals surface area contributed by atoms with Crippen LogP contribution in [0.4, 0.5) is 8.78 Å². The van der Waals surface area contributed by atoms with Gasteiger partial charge in [0.25, 0.3) is 0 Å². The molecule has 1 N–H and O–H groups in total. The third kappa shape index (κ3) is 2.44. The van der Waals surface area contributed by atoms with Crippen molar-refractivity contribution in [1.82, 2.24) is 0 Å². The van der Waals surface area contributed by atoms with E-state index < -0.39 is 17.2 Å². The average molecular weight is 278 g/mol. The number of methoxy groups -OCH3 is 1. The molecule has 106 valence electrons. The molecule has 0 fully saturated rings. The van der Waals surface area contributed by atoms with E-state index in [4.69, 9.17) is 4.74 Å². The van der Waals surface area contributed by atoms with Crippen LogP contribution in [0.3, 0.4) is 0 Å². The quantitative estimate of drug-likeness (QED) is 0.931. The summed E-state index contributed by atoms with van der Waals surface area (Å²) in [5, 5.41) is 10.8. The molecular formula is C16H16F2O2. The van der Waals surface area contributed by atoms with E-state index in [0.29, 0.717) is 5.56 Å². The zero-order valence-electron chi connectivity index (χ0n) is 11.4. The van der Waals surface area contributed by atoms with Gasteiger partial charge in [0.1, 0.15) is 5.60 Å². The van der Waals surface area contributed by atoms with Crippen LogP contribution >= 0.6 is 0 Å². The summed E-state index contributed by atoms with van der Waals surface area (Å²) in [6, 6.07) is 11.4. The molecule has 0 aliphatic rings. The van der Waals surface area contributed by atoms with E-state index in [1.165, 1.54) is 26.2 Å². The van der Waals surface area contributed by atoms with E-state index in [9.17, 15) is 13.9 Å². The van der Waals surface area contributed by atoms with Crippen LogP contribution in [-0.4, -0.2) is 18.8 Å². The summed E-state index contributed by atoms with van der Waals surface area (Å²) >= 11 is 0. The van der Waals surface area contributed by atoms with Crippen molar-refractivity contribution in [3.63, 3.8) is 0 Å². The number of ether oxygens (including phenoxy) is 1. The van der Waals surface area contributed by atoms with Gasteiger partial charge in [-0.25, -0.2) is 8.78 Å². The van der Waals surface area contributed by atoms with E-state index in [1.54, 1.807) is 30.3 Å². The molecule has 0 saturated heterocycles. The largest absolute Gasteiger partial charge is 0.381 e. The van der Waals surface area contributed by atoms with Crippen LogP contribution in [0.5, 0.6) is 0 Å². The Labute approximate surface area is 116 Å². The number of halogens is 2. The van der Waals surface area contributed by atoms with Crippen LogP contribution < -0.4 is 0 Å². The molecule has 2 aromatic rings. The SMILES string of the molecule is COCC(O)(c1ccccc1)c1ccc(C)c(F)c1F. The van der Waals surface area contributed by atoms with Gasteiger partial charge in [0.15, 0.2) is 11.6 Å². The molecule has 0 radical (unpaired) electrons. The fraction of sp³-hybridized carbons (Fsp3) is 0.250. The molecule has 0 spiro atoms. The van der Waals surface area contributed by atoms with E-state index in [-0.39, 0.29) is 17.7 Å². The Morgan fingerprint density at radius 3 is 2.30 bits per heavy atom. The number of benzene rings is 2. The van der Waals surface area contributed by atoms with Crippen molar-refractivity contribution in [1.29, 1.82) is 0 Å². The monoisotopic (exact) mass is 278 g/mol. The standard InChI is InChI=1S/C16H16F2O2/c1-11-8-9-13(15(18)14(11)17)16(19,10-20-2)12-6-4-3-5-7-12/h3-9,19H,10H2,1-2H3. The first-order valence-electron chi connectivity index (χ1n) is 6.22. The highest BCUT2D eigenvalue weighted by Gasteiger charge is 2.35. The molecule has 4 heteroatoms. The molecule has 0 saturated carbocycles. The van der Waals surface area contributed by atoms with Gasteiger partial charge in [-0.05, 0) is 18.1 Å². The molecule has 0 aromatic heterocycles. The smallest absolute Gasteiger partial charge is 0.165 e. The third-order valence-electron chi connectivity index (χ3n) is 3.33. The second-order valence-corrected chi connectivity index (χ2v) is 4.72. The van der Waals surface area contributed by atoms with Gasteiger partial charge >= 0.3 is 0 Å². The van der Waals surface area contributed by atoms with Crippen LogP contribution in [0.2, 0.25) is 0 Å². The van der Waals surface area contributed by atoms with Crippen LogP contribution in [-0.2, 0) is 10.3 Å². The van der Waals surface area contributed by atoms with Crippen molar-refractivity contribution < 1.29 is 18.6 Å². The second-order valence-electron chi connectivity index (χ2n) is 4.72. The first-order chi connectivity index (χ1) is 9.50. The predicted molar refractivity (Wildman–Crippen MR) is 72.4 cm³/mol. The topological polar surface area (TPSA) is 29.5 Å². The lowest BCUT2D eigenvalue weighted by Crippen LogP contribution is -2.34. The minimum absolute atomic E-state index is 0.131. The Morgan fingerprint density at radius 1 is 1.05 bits per heavy atom. The van der Waals surface area contributed by atoms with Gasteiger partial charge in [-0.3, -0.25) is 0 Å². The Bertz CT molecular complexity index is 599. The zero-order chi connectivity index (χ0) is 14.8. The molecule has 2 rings (SSSR count). The van der Waals surface area contributed by atoms with Crippen molar-refractivity contribution in [2.24, 2.45) is 0 Å². The molecule has 0 bridgehead atoms. The first kappa shape index (κ1) is 14.6. The maximum absolute atomic E-state index is 14.2. The Hall–Kier alpha value is -1.78. The fourth-order valence-corrected chi connectivity index (χ4v) is 2.20. The lowest BCUT2D eigenvalue weighted by atomic mass is 9.86. The van der Waals surface area contributed by atoms with Gasteiger partial charge < -0.3 is 9.84 Å². The minimum atomic E-state index is -1.73. The van der Waals surface area contributed by atoms with Crippen molar-refractivity contribution in [3.8, 4) is 0 Å². The third-order valence-corrected chi connectivity index (χ3v) is 3.33. The number of rotatable bonds is 4. The maximum Gasteiger partial charge on any atom is 0.165 e. The zero-order valence-corrected chi connectivity index (χ0v) is 11.4. The van der Waals surface area contributed by atoms with E-state index in [1.807, 2.05) is 0 Å². The van der Waals surface area contributed by atoms with Gasteiger partial charge in [0, 0.05) is 12.7 Å². The molecule has 0 amide bonds. The molecule has 0 heterocycles. The molecule has 2 aromatic carbocycles. The van der Waals surface area contributed by atoms with Crippen molar-refractivity contribution in [2.75, 3.05) is 13.7 Å². The number of aliphatic hydroxyl groups is 1. The Morgan fingerprint density at radius 2 is 1.70 bits per heavy atom. The summed E-state index contributed by atoms with van der Waals surface area (Å²) in [5.74, 6) is -2.00. The average Bonchev–Trinajstić information content (AvgIpc) is 2.46. The summed E-state index contributed by atoms with van der Waals surface area (Å²) in [4.78, 5) is 0. The summed E-state index contributed by atoms with van der Waals surface area (Å²) in [5.41, 5.74) is -1.22. The van der Waals surface area contributed by atoms with Gasteiger partial charge in [-0.15, -0.1) is 0 Å². The van der Waals surface area contributed by atoms with Gasteiger partial charge in [-0.2, -0.15) is 0 Å². The first-order valence-corrected chi connectivity index (χ1v) is 6.22. The van der Waals surface area contributed by atoms with E-state index in [2.05, 4.69) is 0 Å². The van der Waals surface area contributed by atoms with Crippen LogP contribution in [0.25, 0.3) is 0 Å². The number of hydrogen-bond acceptors (Lipinski definition) is 2. The molecule has 1 atom stereocenters. The Balaban J connectivity index is 2.63. The summed E-state index contributed by atoms with van der Waals surface area (Å²) < 4.78 is 32.9. The molecule has 1 unspecified atom stereocenters. The highest BCUT2D eigenvalue weighted by Crippen LogP contribution is 2.33. The second kappa shape index (κ2) is 5.69. The summed E-state index contributed by atoms with van der Waals surface area (Å²) in [6.45, 7) is 1.30. The van der Waals surface area contributed by atoms with Crippen LogP contribution in [0, 0.1) is 18.6 Å². The van der Waals surface area contributed by atoms with Crippen LogP contribution in [0.15, 0.2) is 42.5 Å². The van der Waals surface area contributed by atoms with Crippen molar-refractivity contribution in [2.45, 2.75) is 12.5 Å². The van der Waals surface area contributed by atoms with Crippen molar-refractivity contribution in [3.05, 3.63) is 70.8 Å². The molecule has 0 aliphatic carbocycles. The molecule has 20 heavy (non-hydrogen) atoms. The lowest BCUT2D eigenvalue weighted by Gasteiger charge is -2.29. The van der Waals surface area contributed by atoms with Crippen molar-refractivity contribution >= 4 is 0 Å². The summed E-state index contributed by atoms with van der Waals surface area (Å²) in [6.07, 6.45) is 0. The van der Waals surface area contributed by atoms with Gasteiger partial charge in [0.2, 0.25) is 0 Å². The summed E-state index contributed by atoms with van der Waals surface area (Å²) in [7, 11) is 1.40. The van der Waals surface area contributed by atoms with Crippen LogP contribution in [0.1, 0.15) is 16.7 Å².